The van der Waals surface area contributed by atoms with Crippen LogP contribution in [0.15, 0.2) is 18.2 Å². The Bertz CT molecular complexity index is 513. The van der Waals surface area contributed by atoms with E-state index >= 15 is 0 Å². The van der Waals surface area contributed by atoms with Crippen LogP contribution in [-0.2, 0) is 4.79 Å². The van der Waals surface area contributed by atoms with Gasteiger partial charge in [-0.05, 0) is 71.8 Å². The lowest BCUT2D eigenvalue weighted by molar-refractivity contribution is -0.126. The monoisotopic (exact) mass is 303 g/mol. The van der Waals surface area contributed by atoms with E-state index in [-0.39, 0.29) is 11.9 Å². The first kappa shape index (κ1) is 17.0. The lowest BCUT2D eigenvalue weighted by atomic mass is 9.86. The SMILES string of the molecule is CNC1(C(=O)N(c2c(C)cccc2C)C(C)C)CCNCC1. The quantitative estimate of drug-likeness (QED) is 0.897. The van der Waals surface area contributed by atoms with Crippen molar-refractivity contribution in [2.45, 2.75) is 52.1 Å². The standard InChI is InChI=1S/C18H29N3O/c1-13(2)21(16-14(3)7-6-8-15(16)4)17(22)18(19-5)9-11-20-12-10-18/h6-8,13,19-20H,9-12H2,1-5H3. The number of piperidine rings is 1. The minimum atomic E-state index is -0.454. The maximum absolute atomic E-state index is 13.4. The third-order valence-corrected chi connectivity index (χ3v) is 4.76. The Kier molecular flexibility index (Phi) is 5.24. The zero-order valence-electron chi connectivity index (χ0n) is 14.5. The number of likely N-dealkylation sites (N-methyl/N-ethyl adjacent to an activating group) is 1. The number of amides is 1. The van der Waals surface area contributed by atoms with E-state index in [1.165, 1.54) is 0 Å². The summed E-state index contributed by atoms with van der Waals surface area (Å²) < 4.78 is 0. The van der Waals surface area contributed by atoms with E-state index in [9.17, 15) is 4.79 Å². The number of nitrogens with zero attached hydrogens (tertiary/aromatic N) is 1. The van der Waals surface area contributed by atoms with Crippen LogP contribution in [0.2, 0.25) is 0 Å². The summed E-state index contributed by atoms with van der Waals surface area (Å²) in [6.07, 6.45) is 1.66. The van der Waals surface area contributed by atoms with Gasteiger partial charge in [-0.15, -0.1) is 0 Å². The molecule has 0 bridgehead atoms. The van der Waals surface area contributed by atoms with Crippen LogP contribution in [0.3, 0.4) is 0 Å². The molecule has 1 fully saturated rings. The maximum atomic E-state index is 13.4. The highest BCUT2D eigenvalue weighted by Crippen LogP contribution is 2.31. The molecule has 0 aromatic heterocycles. The van der Waals surface area contributed by atoms with Crippen LogP contribution in [-0.4, -0.2) is 37.6 Å². The Balaban J connectivity index is 2.45. The van der Waals surface area contributed by atoms with E-state index in [4.69, 9.17) is 0 Å². The summed E-state index contributed by atoms with van der Waals surface area (Å²) in [4.78, 5) is 15.4. The number of aryl methyl sites for hydroxylation is 2. The van der Waals surface area contributed by atoms with Gasteiger partial charge in [0.25, 0.3) is 0 Å². The number of carbonyl (C=O) groups excluding carboxylic acids is 1. The zero-order chi connectivity index (χ0) is 16.3. The Hall–Kier alpha value is -1.39. The van der Waals surface area contributed by atoms with E-state index in [0.717, 1.165) is 42.7 Å². The fourth-order valence-corrected chi connectivity index (χ4v) is 3.43. The van der Waals surface area contributed by atoms with Gasteiger partial charge in [0.2, 0.25) is 5.91 Å². The summed E-state index contributed by atoms with van der Waals surface area (Å²) in [5, 5.41) is 6.68. The van der Waals surface area contributed by atoms with Crippen LogP contribution in [0, 0.1) is 13.8 Å². The minimum absolute atomic E-state index is 0.132. The molecule has 0 unspecified atom stereocenters. The second-order valence-corrected chi connectivity index (χ2v) is 6.59. The van der Waals surface area contributed by atoms with Gasteiger partial charge >= 0.3 is 0 Å². The van der Waals surface area contributed by atoms with Crippen LogP contribution in [0.1, 0.15) is 37.8 Å². The summed E-state index contributed by atoms with van der Waals surface area (Å²) in [6, 6.07) is 6.35. The molecule has 0 radical (unpaired) electrons. The molecular formula is C18H29N3O. The van der Waals surface area contributed by atoms with Crippen LogP contribution in [0.4, 0.5) is 5.69 Å². The fourth-order valence-electron chi connectivity index (χ4n) is 3.43. The lowest BCUT2D eigenvalue weighted by Crippen LogP contribution is -2.62. The van der Waals surface area contributed by atoms with Crippen molar-refractivity contribution in [3.8, 4) is 0 Å². The second kappa shape index (κ2) is 6.80. The third kappa shape index (κ3) is 3.03. The number of carbonyl (C=O) groups is 1. The molecule has 0 atom stereocenters. The molecule has 2 N–H and O–H groups in total. The average molecular weight is 303 g/mol. The predicted molar refractivity (Wildman–Crippen MR) is 92.4 cm³/mol. The molecule has 1 amide bonds. The number of para-hydroxylation sites is 1. The molecule has 1 aromatic rings. The smallest absolute Gasteiger partial charge is 0.247 e. The first-order chi connectivity index (χ1) is 10.4. The molecule has 0 spiro atoms. The molecule has 2 rings (SSSR count). The molecule has 22 heavy (non-hydrogen) atoms. The topological polar surface area (TPSA) is 44.4 Å². The van der Waals surface area contributed by atoms with Gasteiger partial charge in [0.1, 0.15) is 5.54 Å². The fraction of sp³-hybridized carbons (Fsp3) is 0.611. The lowest BCUT2D eigenvalue weighted by Gasteiger charge is -2.42. The van der Waals surface area contributed by atoms with Gasteiger partial charge in [0, 0.05) is 11.7 Å². The second-order valence-electron chi connectivity index (χ2n) is 6.59. The Labute approximate surface area is 134 Å². The van der Waals surface area contributed by atoms with Crippen molar-refractivity contribution in [2.24, 2.45) is 0 Å². The van der Waals surface area contributed by atoms with Gasteiger partial charge in [0.05, 0.1) is 0 Å². The minimum Gasteiger partial charge on any atom is -0.317 e. The highest BCUT2D eigenvalue weighted by atomic mass is 16.2. The molecule has 1 aliphatic heterocycles. The van der Waals surface area contributed by atoms with Gasteiger partial charge in [0.15, 0.2) is 0 Å². The van der Waals surface area contributed by atoms with Crippen LogP contribution in [0.5, 0.6) is 0 Å². The molecule has 1 heterocycles. The van der Waals surface area contributed by atoms with Crippen LogP contribution < -0.4 is 15.5 Å². The number of benzene rings is 1. The van der Waals surface area contributed by atoms with Crippen molar-refractivity contribution in [3.05, 3.63) is 29.3 Å². The third-order valence-electron chi connectivity index (χ3n) is 4.76. The van der Waals surface area contributed by atoms with E-state index in [0.29, 0.717) is 0 Å². The zero-order valence-corrected chi connectivity index (χ0v) is 14.5. The van der Waals surface area contributed by atoms with E-state index < -0.39 is 5.54 Å². The Morgan fingerprint density at radius 3 is 2.23 bits per heavy atom. The van der Waals surface area contributed by atoms with Gasteiger partial charge in [-0.3, -0.25) is 4.79 Å². The van der Waals surface area contributed by atoms with Crippen LogP contribution >= 0.6 is 0 Å². The normalized spacial score (nSPS) is 17.5. The molecule has 0 aliphatic carbocycles. The number of hydrogen-bond acceptors (Lipinski definition) is 3. The molecule has 1 saturated heterocycles. The highest BCUT2D eigenvalue weighted by molar-refractivity contribution is 6.02. The Morgan fingerprint density at radius 2 is 1.77 bits per heavy atom. The molecule has 122 valence electrons. The first-order valence-electron chi connectivity index (χ1n) is 8.22. The number of nitrogens with one attached hydrogen (secondary N) is 2. The van der Waals surface area contributed by atoms with E-state index in [1.54, 1.807) is 0 Å². The van der Waals surface area contributed by atoms with Crippen molar-refractivity contribution >= 4 is 11.6 Å². The number of rotatable bonds is 4. The largest absolute Gasteiger partial charge is 0.317 e. The first-order valence-corrected chi connectivity index (χ1v) is 8.22. The molecule has 1 aliphatic rings. The number of anilines is 1. The van der Waals surface area contributed by atoms with Crippen molar-refractivity contribution in [2.75, 3.05) is 25.0 Å². The van der Waals surface area contributed by atoms with Gasteiger partial charge in [-0.25, -0.2) is 0 Å². The van der Waals surface area contributed by atoms with Crippen LogP contribution in [0.25, 0.3) is 0 Å². The predicted octanol–water partition coefficient (Wildman–Crippen LogP) is 2.39. The summed E-state index contributed by atoms with van der Waals surface area (Å²) in [5.74, 6) is 0.198. The van der Waals surface area contributed by atoms with Gasteiger partial charge in [-0.1, -0.05) is 18.2 Å². The summed E-state index contributed by atoms with van der Waals surface area (Å²) >= 11 is 0. The van der Waals surface area contributed by atoms with Crippen molar-refractivity contribution in [1.82, 2.24) is 10.6 Å². The highest BCUT2D eigenvalue weighted by Gasteiger charge is 2.42. The van der Waals surface area contributed by atoms with E-state index in [1.807, 2.05) is 11.9 Å². The number of hydrogen-bond donors (Lipinski definition) is 2. The molecular weight excluding hydrogens is 274 g/mol. The van der Waals surface area contributed by atoms with Gasteiger partial charge < -0.3 is 15.5 Å². The van der Waals surface area contributed by atoms with Crippen molar-refractivity contribution in [3.63, 3.8) is 0 Å². The molecule has 1 aromatic carbocycles. The van der Waals surface area contributed by atoms with E-state index in [2.05, 4.69) is 56.5 Å². The summed E-state index contributed by atoms with van der Waals surface area (Å²) in [6.45, 7) is 10.1. The maximum Gasteiger partial charge on any atom is 0.247 e. The molecule has 4 nitrogen and oxygen atoms in total. The van der Waals surface area contributed by atoms with Gasteiger partial charge in [-0.2, -0.15) is 0 Å². The summed E-state index contributed by atoms with van der Waals surface area (Å²) in [7, 11) is 1.91. The van der Waals surface area contributed by atoms with Crippen molar-refractivity contribution < 1.29 is 4.79 Å². The Morgan fingerprint density at radius 1 is 1.23 bits per heavy atom. The summed E-state index contributed by atoms with van der Waals surface area (Å²) in [5.41, 5.74) is 2.92. The van der Waals surface area contributed by atoms with Crippen molar-refractivity contribution in [1.29, 1.82) is 0 Å². The molecule has 0 saturated carbocycles. The molecule has 4 heteroatoms. The average Bonchev–Trinajstić information content (AvgIpc) is 2.50.